The number of nitro benzene ring substituents is 1. The molecule has 3 aromatic carbocycles. The summed E-state index contributed by atoms with van der Waals surface area (Å²) in [6.45, 7) is 0. The maximum absolute atomic E-state index is 13.3. The molecule has 4 rings (SSSR count). The lowest BCUT2D eigenvalue weighted by Crippen LogP contribution is -2.39. The smallest absolute Gasteiger partial charge is 0.269 e. The average Bonchev–Trinajstić information content (AvgIpc) is 3.21. The number of benzene rings is 3. The number of rotatable bonds is 5. The molecule has 0 bridgehead atoms. The fourth-order valence-corrected chi connectivity index (χ4v) is 4.77. The van der Waals surface area contributed by atoms with Gasteiger partial charge in [0.2, 0.25) is 0 Å². The minimum absolute atomic E-state index is 0.110. The lowest BCUT2D eigenvalue weighted by molar-refractivity contribution is -0.384. The molecule has 1 aliphatic rings. The molecule has 0 saturated carbocycles. The van der Waals surface area contributed by atoms with E-state index in [0.717, 1.165) is 9.98 Å². The number of nitrogens with one attached hydrogen (secondary N) is 1. The van der Waals surface area contributed by atoms with Crippen molar-refractivity contribution in [2.24, 2.45) is 0 Å². The molecule has 0 spiro atoms. The SMILES string of the molecule is O=[N+]([O-])c1cccc([C@@H]2C=C(c3ccc(Cl)cc3)NN2S(=O)(=O)c2ccccc2)c1. The Morgan fingerprint density at radius 2 is 1.67 bits per heavy atom. The van der Waals surface area contributed by atoms with Crippen molar-refractivity contribution in [2.75, 3.05) is 0 Å². The van der Waals surface area contributed by atoms with Gasteiger partial charge in [-0.25, -0.2) is 8.42 Å². The van der Waals surface area contributed by atoms with Gasteiger partial charge < -0.3 is 5.43 Å². The van der Waals surface area contributed by atoms with Crippen molar-refractivity contribution < 1.29 is 13.3 Å². The molecule has 0 saturated heterocycles. The van der Waals surface area contributed by atoms with E-state index in [2.05, 4.69) is 5.43 Å². The minimum Gasteiger partial charge on any atom is -0.304 e. The van der Waals surface area contributed by atoms with Gasteiger partial charge in [0.1, 0.15) is 0 Å². The van der Waals surface area contributed by atoms with Gasteiger partial charge in [-0.2, -0.15) is 0 Å². The Balaban J connectivity index is 1.81. The van der Waals surface area contributed by atoms with Crippen molar-refractivity contribution in [1.29, 1.82) is 0 Å². The Hall–Kier alpha value is -3.20. The molecule has 3 aromatic rings. The Morgan fingerprint density at radius 3 is 2.33 bits per heavy atom. The van der Waals surface area contributed by atoms with Gasteiger partial charge in [-0.3, -0.25) is 10.1 Å². The number of nitro groups is 1. The molecule has 1 atom stereocenters. The summed E-state index contributed by atoms with van der Waals surface area (Å²) in [5.74, 6) is 0. The zero-order valence-corrected chi connectivity index (χ0v) is 17.0. The van der Waals surface area contributed by atoms with Gasteiger partial charge in [-0.05, 0) is 41.5 Å². The van der Waals surface area contributed by atoms with Crippen LogP contribution in [-0.4, -0.2) is 17.8 Å². The van der Waals surface area contributed by atoms with Crippen molar-refractivity contribution in [1.82, 2.24) is 9.84 Å². The molecule has 0 aromatic heterocycles. The lowest BCUT2D eigenvalue weighted by Gasteiger charge is -2.24. The third-order valence-electron chi connectivity index (χ3n) is 4.69. The molecule has 30 heavy (non-hydrogen) atoms. The topological polar surface area (TPSA) is 92.6 Å². The molecule has 0 unspecified atom stereocenters. The molecular formula is C21H16ClN3O4S. The fraction of sp³-hybridized carbons (Fsp3) is 0.0476. The predicted molar refractivity (Wildman–Crippen MR) is 114 cm³/mol. The van der Waals surface area contributed by atoms with Crippen LogP contribution in [0, 0.1) is 10.1 Å². The van der Waals surface area contributed by atoms with Crippen LogP contribution in [0.4, 0.5) is 5.69 Å². The summed E-state index contributed by atoms with van der Waals surface area (Å²) in [7, 11) is -3.94. The van der Waals surface area contributed by atoms with Gasteiger partial charge in [0.05, 0.1) is 21.6 Å². The van der Waals surface area contributed by atoms with Gasteiger partial charge >= 0.3 is 0 Å². The standard InChI is InChI=1S/C21H16ClN3O4S/c22-17-11-9-15(10-12-17)20-14-21(16-5-4-6-18(13-16)25(26)27)24(23-20)30(28,29)19-7-2-1-3-8-19/h1-14,21,23H/t21-/m0/s1. The summed E-state index contributed by atoms with van der Waals surface area (Å²) in [6, 6.07) is 20.1. The molecule has 152 valence electrons. The van der Waals surface area contributed by atoms with E-state index in [1.165, 1.54) is 30.3 Å². The van der Waals surface area contributed by atoms with Crippen molar-refractivity contribution in [3.8, 4) is 0 Å². The molecule has 0 fully saturated rings. The van der Waals surface area contributed by atoms with Crippen LogP contribution in [0.1, 0.15) is 17.2 Å². The van der Waals surface area contributed by atoms with Crippen LogP contribution in [-0.2, 0) is 10.0 Å². The predicted octanol–water partition coefficient (Wildman–Crippen LogP) is 4.54. The average molecular weight is 442 g/mol. The second-order valence-electron chi connectivity index (χ2n) is 6.61. The van der Waals surface area contributed by atoms with Gasteiger partial charge in [0.25, 0.3) is 15.7 Å². The maximum Gasteiger partial charge on any atom is 0.269 e. The number of non-ortho nitro benzene ring substituents is 1. The van der Waals surface area contributed by atoms with E-state index >= 15 is 0 Å². The second kappa shape index (κ2) is 7.91. The first-order chi connectivity index (χ1) is 14.4. The monoisotopic (exact) mass is 441 g/mol. The van der Waals surface area contributed by atoms with Gasteiger partial charge in [0.15, 0.2) is 0 Å². The number of halogens is 1. The molecule has 1 heterocycles. The fourth-order valence-electron chi connectivity index (χ4n) is 3.21. The molecule has 9 heteroatoms. The van der Waals surface area contributed by atoms with Crippen LogP contribution in [0.15, 0.2) is 89.8 Å². The second-order valence-corrected chi connectivity index (χ2v) is 8.86. The highest BCUT2D eigenvalue weighted by Gasteiger charge is 2.37. The number of sulfonamides is 1. The first kappa shape index (κ1) is 20.1. The van der Waals surface area contributed by atoms with Crippen LogP contribution >= 0.6 is 11.6 Å². The maximum atomic E-state index is 13.3. The molecule has 0 aliphatic carbocycles. The Morgan fingerprint density at radius 1 is 0.967 bits per heavy atom. The Labute approximate surface area is 178 Å². The minimum atomic E-state index is -3.94. The highest BCUT2D eigenvalue weighted by molar-refractivity contribution is 7.89. The van der Waals surface area contributed by atoms with Gasteiger partial charge in [-0.1, -0.05) is 54.1 Å². The number of hydrogen-bond donors (Lipinski definition) is 1. The van der Waals surface area contributed by atoms with Crippen LogP contribution in [0.2, 0.25) is 5.02 Å². The van der Waals surface area contributed by atoms with Crippen molar-refractivity contribution in [3.63, 3.8) is 0 Å². The van der Waals surface area contributed by atoms with Crippen LogP contribution in [0.3, 0.4) is 0 Å². The van der Waals surface area contributed by atoms with E-state index < -0.39 is 21.0 Å². The molecule has 7 nitrogen and oxygen atoms in total. The van der Waals surface area contributed by atoms with E-state index in [1.807, 2.05) is 0 Å². The zero-order chi connectivity index (χ0) is 21.3. The van der Waals surface area contributed by atoms with E-state index in [9.17, 15) is 18.5 Å². The number of nitrogens with zero attached hydrogens (tertiary/aromatic N) is 2. The first-order valence-corrected chi connectivity index (χ1v) is 10.8. The highest BCUT2D eigenvalue weighted by atomic mass is 35.5. The van der Waals surface area contributed by atoms with E-state index in [1.54, 1.807) is 54.6 Å². The summed E-state index contributed by atoms with van der Waals surface area (Å²) < 4.78 is 27.8. The van der Waals surface area contributed by atoms with E-state index in [0.29, 0.717) is 16.3 Å². The van der Waals surface area contributed by atoms with Gasteiger partial charge in [0, 0.05) is 17.2 Å². The van der Waals surface area contributed by atoms with Crippen LogP contribution in [0.25, 0.3) is 5.70 Å². The number of hydrogen-bond acceptors (Lipinski definition) is 5. The third kappa shape index (κ3) is 3.80. The zero-order valence-electron chi connectivity index (χ0n) is 15.5. The molecule has 0 radical (unpaired) electrons. The van der Waals surface area contributed by atoms with Crippen LogP contribution < -0.4 is 5.43 Å². The summed E-state index contributed by atoms with van der Waals surface area (Å²) in [4.78, 5) is 10.8. The van der Waals surface area contributed by atoms with Gasteiger partial charge in [-0.15, -0.1) is 4.41 Å². The van der Waals surface area contributed by atoms with E-state index in [-0.39, 0.29) is 10.6 Å². The lowest BCUT2D eigenvalue weighted by atomic mass is 10.0. The number of hydrazine groups is 1. The summed E-state index contributed by atoms with van der Waals surface area (Å²) in [5.41, 5.74) is 4.61. The summed E-state index contributed by atoms with van der Waals surface area (Å²) >= 11 is 5.96. The molecule has 0 amide bonds. The van der Waals surface area contributed by atoms with E-state index in [4.69, 9.17) is 11.6 Å². The highest BCUT2D eigenvalue weighted by Crippen LogP contribution is 2.36. The summed E-state index contributed by atoms with van der Waals surface area (Å²) in [6.07, 6.45) is 1.72. The first-order valence-electron chi connectivity index (χ1n) is 8.94. The van der Waals surface area contributed by atoms with Crippen molar-refractivity contribution >= 4 is 33.0 Å². The third-order valence-corrected chi connectivity index (χ3v) is 6.64. The normalized spacial score (nSPS) is 16.7. The molecule has 1 aliphatic heterocycles. The molecular weight excluding hydrogens is 426 g/mol. The quantitative estimate of drug-likeness (QED) is 0.463. The molecule has 1 N–H and O–H groups in total. The summed E-state index contributed by atoms with van der Waals surface area (Å²) in [5, 5.41) is 11.8. The van der Waals surface area contributed by atoms with Crippen LogP contribution in [0.5, 0.6) is 0 Å². The van der Waals surface area contributed by atoms with Crippen molar-refractivity contribution in [3.05, 3.63) is 111 Å². The Kier molecular flexibility index (Phi) is 5.29. The largest absolute Gasteiger partial charge is 0.304 e. The Bertz CT molecular complexity index is 1230. The van der Waals surface area contributed by atoms with Crippen molar-refractivity contribution in [2.45, 2.75) is 10.9 Å².